The lowest BCUT2D eigenvalue weighted by Gasteiger charge is -2.03. The SMILES string of the molecule is Cc1c[nH]c(C(=O)c2ccc(Cl)cc2N)c1. The Kier molecular flexibility index (Phi) is 2.71. The van der Waals surface area contributed by atoms with Gasteiger partial charge in [0.05, 0.1) is 5.69 Å². The number of carbonyl (C=O) groups is 1. The van der Waals surface area contributed by atoms with Gasteiger partial charge in [-0.15, -0.1) is 0 Å². The van der Waals surface area contributed by atoms with Crippen LogP contribution in [0.25, 0.3) is 0 Å². The van der Waals surface area contributed by atoms with Gasteiger partial charge in [0.15, 0.2) is 0 Å². The number of benzene rings is 1. The van der Waals surface area contributed by atoms with E-state index in [-0.39, 0.29) is 5.78 Å². The van der Waals surface area contributed by atoms with Crippen molar-refractivity contribution in [1.82, 2.24) is 4.98 Å². The first-order valence-corrected chi connectivity index (χ1v) is 5.20. The number of nitrogens with two attached hydrogens (primary N) is 1. The van der Waals surface area contributed by atoms with Gasteiger partial charge in [0, 0.05) is 22.5 Å². The topological polar surface area (TPSA) is 58.9 Å². The number of carbonyl (C=O) groups excluding carboxylic acids is 1. The second kappa shape index (κ2) is 4.02. The summed E-state index contributed by atoms with van der Waals surface area (Å²) in [6.07, 6.45) is 1.78. The zero-order valence-electron chi connectivity index (χ0n) is 8.75. The molecule has 16 heavy (non-hydrogen) atoms. The molecule has 82 valence electrons. The normalized spacial score (nSPS) is 10.4. The summed E-state index contributed by atoms with van der Waals surface area (Å²) in [5.74, 6) is -0.123. The highest BCUT2D eigenvalue weighted by Gasteiger charge is 2.13. The van der Waals surface area contributed by atoms with Gasteiger partial charge in [0.25, 0.3) is 0 Å². The lowest BCUT2D eigenvalue weighted by molar-refractivity contribution is 0.103. The molecule has 4 heteroatoms. The highest BCUT2D eigenvalue weighted by atomic mass is 35.5. The molecule has 2 aromatic rings. The molecule has 2 rings (SSSR count). The summed E-state index contributed by atoms with van der Waals surface area (Å²) >= 11 is 5.77. The van der Waals surface area contributed by atoms with Crippen molar-refractivity contribution < 1.29 is 4.79 Å². The zero-order chi connectivity index (χ0) is 11.7. The minimum Gasteiger partial charge on any atom is -0.398 e. The monoisotopic (exact) mass is 234 g/mol. The minimum absolute atomic E-state index is 0.123. The average Bonchev–Trinajstić information content (AvgIpc) is 2.64. The van der Waals surface area contributed by atoms with E-state index in [1.165, 1.54) is 0 Å². The van der Waals surface area contributed by atoms with Crippen molar-refractivity contribution in [2.24, 2.45) is 0 Å². The number of hydrogen-bond donors (Lipinski definition) is 2. The molecule has 0 unspecified atom stereocenters. The number of hydrogen-bond acceptors (Lipinski definition) is 2. The predicted molar refractivity (Wildman–Crippen MR) is 64.8 cm³/mol. The molecule has 0 atom stereocenters. The van der Waals surface area contributed by atoms with Crippen LogP contribution in [0.3, 0.4) is 0 Å². The van der Waals surface area contributed by atoms with E-state index in [1.54, 1.807) is 30.5 Å². The molecule has 0 bridgehead atoms. The number of H-pyrrole nitrogens is 1. The molecule has 0 spiro atoms. The fourth-order valence-corrected chi connectivity index (χ4v) is 1.70. The number of ketones is 1. The highest BCUT2D eigenvalue weighted by molar-refractivity contribution is 6.31. The maximum Gasteiger partial charge on any atom is 0.211 e. The molecule has 1 heterocycles. The molecule has 0 saturated carbocycles. The Bertz CT molecular complexity index is 546. The molecule has 1 aromatic carbocycles. The van der Waals surface area contributed by atoms with Gasteiger partial charge in [0.2, 0.25) is 5.78 Å². The summed E-state index contributed by atoms with van der Waals surface area (Å²) in [5, 5.41) is 0.525. The summed E-state index contributed by atoms with van der Waals surface area (Å²) in [5.41, 5.74) is 8.15. The van der Waals surface area contributed by atoms with Gasteiger partial charge in [-0.2, -0.15) is 0 Å². The second-order valence-electron chi connectivity index (χ2n) is 3.65. The van der Waals surface area contributed by atoms with Gasteiger partial charge in [-0.25, -0.2) is 0 Å². The van der Waals surface area contributed by atoms with Crippen LogP contribution in [0.5, 0.6) is 0 Å². The Balaban J connectivity index is 2.41. The Morgan fingerprint density at radius 2 is 2.12 bits per heavy atom. The second-order valence-corrected chi connectivity index (χ2v) is 4.09. The van der Waals surface area contributed by atoms with Crippen molar-refractivity contribution in [3.63, 3.8) is 0 Å². The van der Waals surface area contributed by atoms with Gasteiger partial charge in [-0.1, -0.05) is 11.6 Å². The maximum absolute atomic E-state index is 12.0. The van der Waals surface area contributed by atoms with Crippen molar-refractivity contribution in [1.29, 1.82) is 0 Å². The third-order valence-corrected chi connectivity index (χ3v) is 2.57. The summed E-state index contributed by atoms with van der Waals surface area (Å²) < 4.78 is 0. The first kappa shape index (κ1) is 10.8. The summed E-state index contributed by atoms with van der Waals surface area (Å²) in [4.78, 5) is 14.9. The Hall–Kier alpha value is -1.74. The van der Waals surface area contributed by atoms with Crippen molar-refractivity contribution in [3.05, 3.63) is 52.3 Å². The molecular weight excluding hydrogens is 224 g/mol. The number of nitrogens with one attached hydrogen (secondary N) is 1. The van der Waals surface area contributed by atoms with E-state index in [9.17, 15) is 4.79 Å². The van der Waals surface area contributed by atoms with E-state index in [0.29, 0.717) is 22.0 Å². The van der Waals surface area contributed by atoms with Crippen molar-refractivity contribution in [2.45, 2.75) is 6.92 Å². The number of anilines is 1. The fourth-order valence-electron chi connectivity index (χ4n) is 1.52. The Morgan fingerprint density at radius 3 is 2.69 bits per heavy atom. The quantitative estimate of drug-likeness (QED) is 0.620. The van der Waals surface area contributed by atoms with E-state index in [2.05, 4.69) is 4.98 Å². The first-order chi connectivity index (χ1) is 7.58. The lowest BCUT2D eigenvalue weighted by atomic mass is 10.1. The molecule has 0 aliphatic carbocycles. The zero-order valence-corrected chi connectivity index (χ0v) is 9.51. The molecule has 0 aliphatic rings. The minimum atomic E-state index is -0.123. The third-order valence-electron chi connectivity index (χ3n) is 2.33. The number of nitrogen functional groups attached to an aromatic ring is 1. The number of halogens is 1. The summed E-state index contributed by atoms with van der Waals surface area (Å²) in [7, 11) is 0. The van der Waals surface area contributed by atoms with E-state index >= 15 is 0 Å². The van der Waals surface area contributed by atoms with Gasteiger partial charge < -0.3 is 10.7 Å². The number of aromatic nitrogens is 1. The van der Waals surface area contributed by atoms with Gasteiger partial charge in [-0.05, 0) is 36.8 Å². The Labute approximate surface area is 98.2 Å². The van der Waals surface area contributed by atoms with E-state index in [1.807, 2.05) is 6.92 Å². The van der Waals surface area contributed by atoms with Crippen LogP contribution in [0.15, 0.2) is 30.5 Å². The van der Waals surface area contributed by atoms with Gasteiger partial charge in [-0.3, -0.25) is 4.79 Å². The highest BCUT2D eigenvalue weighted by Crippen LogP contribution is 2.20. The van der Waals surface area contributed by atoms with E-state index < -0.39 is 0 Å². The molecule has 0 radical (unpaired) electrons. The lowest BCUT2D eigenvalue weighted by Crippen LogP contribution is -2.05. The van der Waals surface area contributed by atoms with Gasteiger partial charge in [0.1, 0.15) is 0 Å². The fraction of sp³-hybridized carbons (Fsp3) is 0.0833. The molecule has 0 fully saturated rings. The van der Waals surface area contributed by atoms with Crippen LogP contribution in [-0.2, 0) is 0 Å². The van der Waals surface area contributed by atoms with Crippen LogP contribution in [-0.4, -0.2) is 10.8 Å². The predicted octanol–water partition coefficient (Wildman–Crippen LogP) is 2.79. The molecule has 3 nitrogen and oxygen atoms in total. The van der Waals surface area contributed by atoms with Crippen LogP contribution in [0.4, 0.5) is 5.69 Å². The average molecular weight is 235 g/mol. The van der Waals surface area contributed by atoms with Gasteiger partial charge >= 0.3 is 0 Å². The molecule has 1 aromatic heterocycles. The van der Waals surface area contributed by atoms with Crippen molar-refractivity contribution in [3.8, 4) is 0 Å². The third kappa shape index (κ3) is 1.95. The molecule has 3 N–H and O–H groups in total. The van der Waals surface area contributed by atoms with Crippen LogP contribution in [0.1, 0.15) is 21.6 Å². The van der Waals surface area contributed by atoms with Crippen LogP contribution in [0.2, 0.25) is 5.02 Å². The van der Waals surface area contributed by atoms with Crippen LogP contribution < -0.4 is 5.73 Å². The number of rotatable bonds is 2. The largest absolute Gasteiger partial charge is 0.398 e. The smallest absolute Gasteiger partial charge is 0.211 e. The van der Waals surface area contributed by atoms with Crippen molar-refractivity contribution >= 4 is 23.1 Å². The maximum atomic E-state index is 12.0. The van der Waals surface area contributed by atoms with Crippen LogP contribution in [0, 0.1) is 6.92 Å². The first-order valence-electron chi connectivity index (χ1n) is 4.82. The number of aromatic amines is 1. The standard InChI is InChI=1S/C12H11ClN2O/c1-7-4-11(15-6-7)12(16)9-3-2-8(13)5-10(9)14/h2-6,15H,14H2,1H3. The number of aryl methyl sites for hydroxylation is 1. The molecule has 0 aliphatic heterocycles. The van der Waals surface area contributed by atoms with E-state index in [0.717, 1.165) is 5.56 Å². The van der Waals surface area contributed by atoms with Crippen molar-refractivity contribution in [2.75, 3.05) is 5.73 Å². The summed E-state index contributed by atoms with van der Waals surface area (Å²) in [6, 6.07) is 6.65. The molecule has 0 amide bonds. The molecule has 0 saturated heterocycles. The Morgan fingerprint density at radius 1 is 1.38 bits per heavy atom. The van der Waals surface area contributed by atoms with Crippen LogP contribution >= 0.6 is 11.6 Å². The summed E-state index contributed by atoms with van der Waals surface area (Å²) in [6.45, 7) is 1.92. The van der Waals surface area contributed by atoms with E-state index in [4.69, 9.17) is 17.3 Å². The molecular formula is C12H11ClN2O.